The number of imide groups is 1. The van der Waals surface area contributed by atoms with E-state index >= 15 is 0 Å². The first-order valence-electron chi connectivity index (χ1n) is 10.3. The maximum absolute atomic E-state index is 12.8. The Morgan fingerprint density at radius 3 is 2.86 bits per heavy atom. The first kappa shape index (κ1) is 17.8. The van der Waals surface area contributed by atoms with Gasteiger partial charge in [0.1, 0.15) is 6.04 Å². The Balaban J connectivity index is 1.25. The number of benzene rings is 1. The Labute approximate surface area is 164 Å². The summed E-state index contributed by atoms with van der Waals surface area (Å²) in [7, 11) is 0. The first-order valence-corrected chi connectivity index (χ1v) is 10.3. The number of nitrogens with one attached hydrogen (secondary N) is 3. The standard InChI is InChI=1S/C21H26N4O3/c26-19-6-5-18(20(27)24-19)25-11-14-7-12(1-3-15(14)21(25)28)8-23-17-4-2-13-9-22-10-16(13)17/h1,3,7,13,16-18,22-23H,2,4-6,8-11H2,(H,24,26,27). The van der Waals surface area contributed by atoms with Crippen molar-refractivity contribution in [2.45, 2.75) is 50.9 Å². The van der Waals surface area contributed by atoms with Gasteiger partial charge in [-0.05, 0) is 61.4 Å². The Bertz CT molecular complexity index is 839. The highest BCUT2D eigenvalue weighted by molar-refractivity contribution is 6.05. The van der Waals surface area contributed by atoms with Crippen LogP contribution in [-0.2, 0) is 22.7 Å². The molecule has 3 heterocycles. The van der Waals surface area contributed by atoms with Crippen molar-refractivity contribution in [1.82, 2.24) is 20.9 Å². The monoisotopic (exact) mass is 382 g/mol. The lowest BCUT2D eigenvalue weighted by Gasteiger charge is -2.29. The number of hydrogen-bond donors (Lipinski definition) is 3. The quantitative estimate of drug-likeness (QED) is 0.661. The number of carbonyl (C=O) groups is 3. The predicted molar refractivity (Wildman–Crippen MR) is 102 cm³/mol. The van der Waals surface area contributed by atoms with Crippen molar-refractivity contribution >= 4 is 17.7 Å². The van der Waals surface area contributed by atoms with Crippen LogP contribution in [0.4, 0.5) is 0 Å². The van der Waals surface area contributed by atoms with Gasteiger partial charge in [0.25, 0.3) is 5.91 Å². The summed E-state index contributed by atoms with van der Waals surface area (Å²) < 4.78 is 0. The predicted octanol–water partition coefficient (Wildman–Crippen LogP) is 0.535. The van der Waals surface area contributed by atoms with Gasteiger partial charge in [-0.2, -0.15) is 0 Å². The van der Waals surface area contributed by atoms with Gasteiger partial charge in [-0.25, -0.2) is 0 Å². The number of hydrogen-bond acceptors (Lipinski definition) is 5. The SMILES string of the molecule is O=C1CCC(N2Cc3cc(CNC4CCC5CNCC54)ccc3C2=O)C(=O)N1. The van der Waals surface area contributed by atoms with Crippen LogP contribution in [-0.4, -0.2) is 47.8 Å². The van der Waals surface area contributed by atoms with Gasteiger partial charge in [0.15, 0.2) is 0 Å². The van der Waals surface area contributed by atoms with Crippen molar-refractivity contribution < 1.29 is 14.4 Å². The second-order valence-electron chi connectivity index (χ2n) is 8.54. The van der Waals surface area contributed by atoms with Crippen LogP contribution in [0, 0.1) is 11.8 Å². The smallest absolute Gasteiger partial charge is 0.255 e. The molecule has 28 heavy (non-hydrogen) atoms. The number of piperidine rings is 1. The van der Waals surface area contributed by atoms with E-state index in [4.69, 9.17) is 0 Å². The number of amides is 3. The van der Waals surface area contributed by atoms with Crippen LogP contribution in [0.3, 0.4) is 0 Å². The third-order valence-corrected chi connectivity index (χ3v) is 6.91. The molecule has 4 unspecified atom stereocenters. The molecule has 7 heteroatoms. The fourth-order valence-electron chi connectivity index (χ4n) is 5.39. The molecule has 7 nitrogen and oxygen atoms in total. The molecule has 4 atom stereocenters. The highest BCUT2D eigenvalue weighted by Gasteiger charge is 2.40. The zero-order valence-electron chi connectivity index (χ0n) is 15.9. The Morgan fingerprint density at radius 2 is 2.00 bits per heavy atom. The number of nitrogens with zero attached hydrogens (tertiary/aromatic N) is 1. The van der Waals surface area contributed by atoms with E-state index in [1.807, 2.05) is 12.1 Å². The molecule has 2 saturated heterocycles. The maximum atomic E-state index is 12.8. The van der Waals surface area contributed by atoms with E-state index < -0.39 is 6.04 Å². The largest absolute Gasteiger partial charge is 0.322 e. The lowest BCUT2D eigenvalue weighted by molar-refractivity contribution is -0.136. The van der Waals surface area contributed by atoms with Crippen LogP contribution in [0.25, 0.3) is 0 Å². The Hall–Kier alpha value is -2.25. The van der Waals surface area contributed by atoms with Gasteiger partial charge in [0.2, 0.25) is 11.8 Å². The van der Waals surface area contributed by atoms with Crippen LogP contribution in [0.2, 0.25) is 0 Å². The fraction of sp³-hybridized carbons (Fsp3) is 0.571. The average Bonchev–Trinajstić information content (AvgIpc) is 3.36. The van der Waals surface area contributed by atoms with E-state index in [1.54, 1.807) is 4.90 Å². The molecule has 0 radical (unpaired) electrons. The summed E-state index contributed by atoms with van der Waals surface area (Å²) in [5, 5.41) is 9.56. The summed E-state index contributed by atoms with van der Waals surface area (Å²) in [6.07, 6.45) is 3.22. The van der Waals surface area contributed by atoms with Gasteiger partial charge >= 0.3 is 0 Å². The van der Waals surface area contributed by atoms with Crippen LogP contribution in [0.5, 0.6) is 0 Å². The molecular formula is C21H26N4O3. The van der Waals surface area contributed by atoms with E-state index in [1.165, 1.54) is 18.4 Å². The minimum atomic E-state index is -0.551. The third-order valence-electron chi connectivity index (χ3n) is 6.91. The fourth-order valence-corrected chi connectivity index (χ4v) is 5.39. The van der Waals surface area contributed by atoms with Gasteiger partial charge in [-0.3, -0.25) is 19.7 Å². The van der Waals surface area contributed by atoms with Gasteiger partial charge in [0, 0.05) is 31.1 Å². The molecule has 0 bridgehead atoms. The van der Waals surface area contributed by atoms with Crippen molar-refractivity contribution in [2.24, 2.45) is 11.8 Å². The second-order valence-corrected chi connectivity index (χ2v) is 8.54. The molecule has 0 aromatic heterocycles. The van der Waals surface area contributed by atoms with Gasteiger partial charge < -0.3 is 15.5 Å². The first-order chi connectivity index (χ1) is 13.6. The topological polar surface area (TPSA) is 90.5 Å². The molecule has 3 amide bonds. The number of carbonyl (C=O) groups excluding carboxylic acids is 3. The van der Waals surface area contributed by atoms with Crippen molar-refractivity contribution in [1.29, 1.82) is 0 Å². The maximum Gasteiger partial charge on any atom is 0.255 e. The van der Waals surface area contributed by atoms with E-state index in [-0.39, 0.29) is 24.1 Å². The minimum Gasteiger partial charge on any atom is -0.322 e. The van der Waals surface area contributed by atoms with Crippen LogP contribution in [0.1, 0.15) is 47.2 Å². The summed E-state index contributed by atoms with van der Waals surface area (Å²) >= 11 is 0. The van der Waals surface area contributed by atoms with Crippen LogP contribution < -0.4 is 16.0 Å². The van der Waals surface area contributed by atoms with Crippen LogP contribution >= 0.6 is 0 Å². The van der Waals surface area contributed by atoms with Crippen molar-refractivity contribution in [3.63, 3.8) is 0 Å². The summed E-state index contributed by atoms with van der Waals surface area (Å²) in [6.45, 7) is 3.50. The highest BCUT2D eigenvalue weighted by Crippen LogP contribution is 2.35. The molecular weight excluding hydrogens is 356 g/mol. The molecule has 3 N–H and O–H groups in total. The summed E-state index contributed by atoms with van der Waals surface area (Å²) in [4.78, 5) is 37.9. The molecule has 1 aromatic rings. The lowest BCUT2D eigenvalue weighted by Crippen LogP contribution is -2.52. The molecule has 4 aliphatic rings. The van der Waals surface area contributed by atoms with Crippen LogP contribution in [0.15, 0.2) is 18.2 Å². The average molecular weight is 382 g/mol. The second kappa shape index (κ2) is 6.97. The zero-order valence-corrected chi connectivity index (χ0v) is 15.9. The summed E-state index contributed by atoms with van der Waals surface area (Å²) in [6, 6.07) is 6.00. The van der Waals surface area contributed by atoms with Gasteiger partial charge in [-0.15, -0.1) is 0 Å². The van der Waals surface area contributed by atoms with Crippen molar-refractivity contribution in [3.8, 4) is 0 Å². The number of fused-ring (bicyclic) bond motifs is 2. The summed E-state index contributed by atoms with van der Waals surface area (Å²) in [5.74, 6) is 0.821. The van der Waals surface area contributed by atoms with E-state index in [9.17, 15) is 14.4 Å². The molecule has 0 spiro atoms. The molecule has 3 fully saturated rings. The van der Waals surface area contributed by atoms with Crippen molar-refractivity contribution in [3.05, 3.63) is 34.9 Å². The third kappa shape index (κ3) is 3.02. The molecule has 3 aliphatic heterocycles. The zero-order chi connectivity index (χ0) is 19.3. The Kier molecular flexibility index (Phi) is 4.44. The van der Waals surface area contributed by atoms with E-state index in [0.717, 1.165) is 37.0 Å². The Morgan fingerprint density at radius 1 is 1.11 bits per heavy atom. The highest BCUT2D eigenvalue weighted by atomic mass is 16.2. The van der Waals surface area contributed by atoms with E-state index in [0.29, 0.717) is 24.6 Å². The number of rotatable bonds is 4. The van der Waals surface area contributed by atoms with Gasteiger partial charge in [-0.1, -0.05) is 12.1 Å². The molecule has 1 aromatic carbocycles. The molecule has 5 rings (SSSR count). The normalized spacial score (nSPS) is 31.9. The van der Waals surface area contributed by atoms with Gasteiger partial charge in [0.05, 0.1) is 0 Å². The minimum absolute atomic E-state index is 0.111. The van der Waals surface area contributed by atoms with E-state index in [2.05, 4.69) is 22.0 Å². The molecule has 1 aliphatic carbocycles. The van der Waals surface area contributed by atoms with Crippen molar-refractivity contribution in [2.75, 3.05) is 13.1 Å². The molecule has 148 valence electrons. The molecule has 1 saturated carbocycles. The summed E-state index contributed by atoms with van der Waals surface area (Å²) in [5.41, 5.74) is 2.82. The lowest BCUT2D eigenvalue weighted by atomic mass is 9.97.